The summed E-state index contributed by atoms with van der Waals surface area (Å²) in [6.07, 6.45) is 1.61. The second-order valence-corrected chi connectivity index (χ2v) is 7.93. The van der Waals surface area contributed by atoms with Crippen LogP contribution in [-0.4, -0.2) is 41.0 Å². The molecule has 0 spiro atoms. The van der Waals surface area contributed by atoms with E-state index >= 15 is 0 Å². The Hall–Kier alpha value is -2.94. The van der Waals surface area contributed by atoms with Crippen molar-refractivity contribution in [3.63, 3.8) is 0 Å². The molecule has 0 fully saturated rings. The van der Waals surface area contributed by atoms with Crippen LogP contribution in [0.1, 0.15) is 15.4 Å². The predicted octanol–water partition coefficient (Wildman–Crippen LogP) is 4.72. The van der Waals surface area contributed by atoms with Gasteiger partial charge in [0.25, 0.3) is 5.91 Å². The third kappa shape index (κ3) is 4.16. The highest BCUT2D eigenvalue weighted by Crippen LogP contribution is 2.32. The number of hydrogen-bond donors (Lipinski definition) is 1. The molecule has 4 rings (SSSR count). The molecule has 1 aromatic carbocycles. The van der Waals surface area contributed by atoms with Gasteiger partial charge < -0.3 is 14.8 Å². The number of carbonyl (C=O) groups is 1. The van der Waals surface area contributed by atoms with E-state index in [1.54, 1.807) is 30.1 Å². The van der Waals surface area contributed by atoms with Crippen molar-refractivity contribution in [1.82, 2.24) is 14.8 Å². The van der Waals surface area contributed by atoms with Gasteiger partial charge in [0.05, 0.1) is 22.9 Å². The van der Waals surface area contributed by atoms with Gasteiger partial charge in [-0.2, -0.15) is 5.10 Å². The van der Waals surface area contributed by atoms with E-state index in [4.69, 9.17) is 21.1 Å². The van der Waals surface area contributed by atoms with Gasteiger partial charge in [0, 0.05) is 23.7 Å². The lowest BCUT2D eigenvalue weighted by atomic mass is 10.3. The Kier molecular flexibility index (Phi) is 5.98. The summed E-state index contributed by atoms with van der Waals surface area (Å²) in [6.45, 7) is 2.69. The van der Waals surface area contributed by atoms with Crippen molar-refractivity contribution >= 4 is 44.7 Å². The highest BCUT2D eigenvalue weighted by atomic mass is 35.5. The standard InChI is InChI=1S/C21H19ClN4O3S/c1-13-16-12-18(30-21(16)26(25-13)15-6-3-5-14(22)11-15)19(27)24-17-7-4-8-23-20(17)29-10-9-28-2/h3-8,11-12H,9-10H2,1-2H3,(H,24,27). The summed E-state index contributed by atoms with van der Waals surface area (Å²) in [6, 6.07) is 12.8. The van der Waals surface area contributed by atoms with Gasteiger partial charge in [0.15, 0.2) is 0 Å². The number of rotatable bonds is 7. The summed E-state index contributed by atoms with van der Waals surface area (Å²) in [7, 11) is 1.60. The maximum atomic E-state index is 12.9. The lowest BCUT2D eigenvalue weighted by Crippen LogP contribution is -2.13. The maximum Gasteiger partial charge on any atom is 0.265 e. The number of benzene rings is 1. The Balaban J connectivity index is 1.62. The maximum absolute atomic E-state index is 12.9. The second-order valence-electron chi connectivity index (χ2n) is 6.46. The average Bonchev–Trinajstić information content (AvgIpc) is 3.30. The molecule has 1 N–H and O–H groups in total. The van der Waals surface area contributed by atoms with Gasteiger partial charge in [-0.15, -0.1) is 11.3 Å². The minimum Gasteiger partial charge on any atom is -0.474 e. The molecule has 1 amide bonds. The van der Waals surface area contributed by atoms with Crippen molar-refractivity contribution < 1.29 is 14.3 Å². The van der Waals surface area contributed by atoms with Crippen LogP contribution in [0.2, 0.25) is 5.02 Å². The van der Waals surface area contributed by atoms with E-state index in [1.807, 2.05) is 37.3 Å². The number of thiophene rings is 1. The minimum atomic E-state index is -0.238. The number of aryl methyl sites for hydroxylation is 1. The van der Waals surface area contributed by atoms with E-state index in [0.717, 1.165) is 21.6 Å². The van der Waals surface area contributed by atoms with E-state index in [1.165, 1.54) is 11.3 Å². The van der Waals surface area contributed by atoms with Gasteiger partial charge in [0.1, 0.15) is 17.1 Å². The van der Waals surface area contributed by atoms with Crippen molar-refractivity contribution in [3.05, 3.63) is 64.3 Å². The number of fused-ring (bicyclic) bond motifs is 1. The molecule has 30 heavy (non-hydrogen) atoms. The zero-order chi connectivity index (χ0) is 21.1. The van der Waals surface area contributed by atoms with Crippen molar-refractivity contribution in [3.8, 4) is 11.6 Å². The zero-order valence-corrected chi connectivity index (χ0v) is 18.0. The van der Waals surface area contributed by atoms with Crippen molar-refractivity contribution in [2.45, 2.75) is 6.92 Å². The Labute approximate surface area is 182 Å². The number of pyridine rings is 1. The number of ether oxygens (including phenoxy) is 2. The molecule has 0 unspecified atom stereocenters. The number of amides is 1. The number of hydrogen-bond acceptors (Lipinski definition) is 6. The third-order valence-electron chi connectivity index (χ3n) is 4.37. The van der Waals surface area contributed by atoms with Crippen LogP contribution in [0.5, 0.6) is 5.88 Å². The van der Waals surface area contributed by atoms with Crippen LogP contribution in [0, 0.1) is 6.92 Å². The summed E-state index contributed by atoms with van der Waals surface area (Å²) in [4.78, 5) is 18.5. The van der Waals surface area contributed by atoms with Gasteiger partial charge in [-0.3, -0.25) is 4.79 Å². The first-order chi connectivity index (χ1) is 14.6. The Morgan fingerprint density at radius 3 is 2.90 bits per heavy atom. The molecule has 3 heterocycles. The highest BCUT2D eigenvalue weighted by molar-refractivity contribution is 7.20. The number of halogens is 1. The molecule has 154 valence electrons. The predicted molar refractivity (Wildman–Crippen MR) is 118 cm³/mol. The van der Waals surface area contributed by atoms with Crippen molar-refractivity contribution in [1.29, 1.82) is 0 Å². The number of nitrogens with one attached hydrogen (secondary N) is 1. The second kappa shape index (κ2) is 8.83. The highest BCUT2D eigenvalue weighted by Gasteiger charge is 2.18. The lowest BCUT2D eigenvalue weighted by Gasteiger charge is -2.10. The molecule has 0 aliphatic carbocycles. The van der Waals surface area contributed by atoms with Crippen LogP contribution in [-0.2, 0) is 4.74 Å². The smallest absolute Gasteiger partial charge is 0.265 e. The van der Waals surface area contributed by atoms with Crippen molar-refractivity contribution in [2.75, 3.05) is 25.6 Å². The minimum absolute atomic E-state index is 0.238. The fourth-order valence-electron chi connectivity index (χ4n) is 2.95. The van der Waals surface area contributed by atoms with Crippen molar-refractivity contribution in [2.24, 2.45) is 0 Å². The molecule has 0 aliphatic heterocycles. The number of methoxy groups -OCH3 is 1. The average molecular weight is 443 g/mol. The van der Waals surface area contributed by atoms with Gasteiger partial charge in [-0.05, 0) is 43.3 Å². The van der Waals surface area contributed by atoms with E-state index in [2.05, 4.69) is 15.4 Å². The van der Waals surface area contributed by atoms with Gasteiger partial charge in [-0.1, -0.05) is 17.7 Å². The fraction of sp³-hybridized carbons (Fsp3) is 0.190. The number of nitrogens with zero attached hydrogens (tertiary/aromatic N) is 3. The van der Waals surface area contributed by atoms with Crippen LogP contribution in [0.3, 0.4) is 0 Å². The molecule has 0 radical (unpaired) electrons. The first-order valence-corrected chi connectivity index (χ1v) is 10.4. The number of aromatic nitrogens is 3. The molecular weight excluding hydrogens is 424 g/mol. The van der Waals surface area contributed by atoms with Gasteiger partial charge >= 0.3 is 0 Å². The quantitative estimate of drug-likeness (QED) is 0.419. The van der Waals surface area contributed by atoms with Crippen LogP contribution in [0.15, 0.2) is 48.7 Å². The topological polar surface area (TPSA) is 78.3 Å². The van der Waals surface area contributed by atoms with E-state index < -0.39 is 0 Å². The largest absolute Gasteiger partial charge is 0.474 e. The molecule has 3 aromatic heterocycles. The summed E-state index contributed by atoms with van der Waals surface area (Å²) < 4.78 is 12.4. The molecule has 9 heteroatoms. The van der Waals surface area contributed by atoms with E-state index in [-0.39, 0.29) is 5.91 Å². The molecule has 0 saturated heterocycles. The Morgan fingerprint density at radius 1 is 1.23 bits per heavy atom. The molecule has 0 saturated carbocycles. The molecule has 0 atom stereocenters. The SMILES string of the molecule is COCCOc1ncccc1NC(=O)c1cc2c(C)nn(-c3cccc(Cl)c3)c2s1. The number of anilines is 1. The number of carbonyl (C=O) groups excluding carboxylic acids is 1. The first kappa shape index (κ1) is 20.3. The summed E-state index contributed by atoms with van der Waals surface area (Å²) >= 11 is 7.50. The van der Waals surface area contributed by atoms with Gasteiger partial charge in [-0.25, -0.2) is 9.67 Å². The summed E-state index contributed by atoms with van der Waals surface area (Å²) in [5, 5.41) is 9.03. The zero-order valence-electron chi connectivity index (χ0n) is 16.4. The van der Waals surface area contributed by atoms with Crippen LogP contribution in [0.25, 0.3) is 15.9 Å². The molecule has 4 aromatic rings. The Morgan fingerprint density at radius 2 is 2.10 bits per heavy atom. The Bertz CT molecular complexity index is 1200. The molecule has 0 bridgehead atoms. The van der Waals surface area contributed by atoms with Gasteiger partial charge in [0.2, 0.25) is 5.88 Å². The molecular formula is C21H19ClN4O3S. The first-order valence-electron chi connectivity index (χ1n) is 9.20. The van der Waals surface area contributed by atoms with Crippen LogP contribution >= 0.6 is 22.9 Å². The normalized spacial score (nSPS) is 11.0. The fourth-order valence-corrected chi connectivity index (χ4v) is 4.21. The molecule has 0 aliphatic rings. The summed E-state index contributed by atoms with van der Waals surface area (Å²) in [5.74, 6) is 0.114. The van der Waals surface area contributed by atoms with Crippen LogP contribution in [0.4, 0.5) is 5.69 Å². The summed E-state index contributed by atoms with van der Waals surface area (Å²) in [5.41, 5.74) is 2.19. The van der Waals surface area contributed by atoms with E-state index in [0.29, 0.717) is 34.7 Å². The van der Waals surface area contributed by atoms with Crippen LogP contribution < -0.4 is 10.1 Å². The molecule has 7 nitrogen and oxygen atoms in total. The monoisotopic (exact) mass is 442 g/mol. The lowest BCUT2D eigenvalue weighted by molar-refractivity contribution is 0.102. The van der Waals surface area contributed by atoms with E-state index in [9.17, 15) is 4.79 Å². The third-order valence-corrected chi connectivity index (χ3v) is 5.71.